The first-order valence-corrected chi connectivity index (χ1v) is 9.93. The Balaban J connectivity index is 2.15. The predicted molar refractivity (Wildman–Crippen MR) is 119 cm³/mol. The number of rotatable bonds is 14. The fourth-order valence-corrected chi connectivity index (χ4v) is 2.89. The van der Waals surface area contributed by atoms with Crippen molar-refractivity contribution in [2.24, 2.45) is 0 Å². The summed E-state index contributed by atoms with van der Waals surface area (Å²) in [5.41, 5.74) is 0. The molecular formula is C24H28O8. The van der Waals surface area contributed by atoms with Crippen LogP contribution < -0.4 is 9.47 Å². The molecule has 2 unspecified atom stereocenters. The molecule has 0 saturated carbocycles. The number of carbonyl (C=O) groups excluding carboxylic acids is 2. The van der Waals surface area contributed by atoms with Crippen LogP contribution >= 0.6 is 0 Å². The number of carbonyl (C=O) groups is 2. The minimum absolute atomic E-state index is 0.102. The van der Waals surface area contributed by atoms with Gasteiger partial charge in [-0.15, -0.1) is 0 Å². The average molecular weight is 444 g/mol. The van der Waals surface area contributed by atoms with E-state index in [4.69, 9.17) is 28.4 Å². The van der Waals surface area contributed by atoms with Crippen LogP contribution in [0.1, 0.15) is 0 Å². The molecule has 0 aliphatic carbocycles. The molecule has 0 spiro atoms. The fraction of sp³-hybridized carbons (Fsp3) is 0.333. The zero-order valence-electron chi connectivity index (χ0n) is 18.3. The van der Waals surface area contributed by atoms with Crippen LogP contribution in [-0.4, -0.2) is 64.8 Å². The number of esters is 2. The van der Waals surface area contributed by atoms with Gasteiger partial charge in [0.2, 0.25) is 0 Å². The van der Waals surface area contributed by atoms with Crippen molar-refractivity contribution < 1.29 is 38.0 Å². The Kier molecular flexibility index (Phi) is 10.2. The molecule has 0 aliphatic heterocycles. The molecule has 0 radical (unpaired) electrons. The third-order valence-corrected chi connectivity index (χ3v) is 4.30. The number of fused-ring (bicyclic) bond motifs is 1. The quantitative estimate of drug-likeness (QED) is 0.324. The summed E-state index contributed by atoms with van der Waals surface area (Å²) >= 11 is 0. The Hall–Kier alpha value is -3.36. The zero-order valence-corrected chi connectivity index (χ0v) is 18.3. The number of benzene rings is 2. The van der Waals surface area contributed by atoms with E-state index in [1.54, 1.807) is 12.1 Å². The summed E-state index contributed by atoms with van der Waals surface area (Å²) in [6.07, 6.45) is 1.00. The van der Waals surface area contributed by atoms with Gasteiger partial charge in [0.1, 0.15) is 24.7 Å². The average Bonchev–Trinajstić information content (AvgIpc) is 2.81. The Morgan fingerprint density at radius 2 is 1.16 bits per heavy atom. The Morgan fingerprint density at radius 3 is 1.50 bits per heavy atom. The predicted octanol–water partition coefficient (Wildman–Crippen LogP) is 3.09. The van der Waals surface area contributed by atoms with E-state index in [9.17, 15) is 9.59 Å². The number of methoxy groups -OCH3 is 2. The summed E-state index contributed by atoms with van der Waals surface area (Å²) in [5.74, 6) is 0.0875. The van der Waals surface area contributed by atoms with Gasteiger partial charge < -0.3 is 28.4 Å². The Labute approximate surface area is 187 Å². The maximum Gasteiger partial charge on any atom is 0.330 e. The van der Waals surface area contributed by atoms with Gasteiger partial charge >= 0.3 is 11.9 Å². The fourth-order valence-electron chi connectivity index (χ4n) is 2.89. The van der Waals surface area contributed by atoms with Crippen LogP contribution in [0.15, 0.2) is 61.7 Å². The van der Waals surface area contributed by atoms with Gasteiger partial charge in [-0.1, -0.05) is 37.4 Å². The maximum atomic E-state index is 11.5. The van der Waals surface area contributed by atoms with Gasteiger partial charge in [0.15, 0.2) is 12.2 Å². The van der Waals surface area contributed by atoms with Crippen LogP contribution in [0.5, 0.6) is 11.5 Å². The molecule has 2 aromatic carbocycles. The van der Waals surface area contributed by atoms with Crippen molar-refractivity contribution in [3.8, 4) is 11.5 Å². The molecule has 172 valence electrons. The standard InChI is InChI=1S/C24H28O8/c1-5-23(25)31-17(13-27-3)15-29-21-11-12-22(20-10-8-7-9-19(20)21)30-16-18(14-28-4)32-24(26)6-2/h5-12,17-18H,1-2,13-16H2,3-4H3. The lowest BCUT2D eigenvalue weighted by molar-refractivity contribution is -0.148. The second-order valence-electron chi connectivity index (χ2n) is 6.67. The van der Waals surface area contributed by atoms with E-state index in [1.165, 1.54) is 14.2 Å². The highest BCUT2D eigenvalue weighted by atomic mass is 16.6. The Bertz CT molecular complexity index is 849. The smallest absolute Gasteiger partial charge is 0.330 e. The third kappa shape index (κ3) is 7.40. The SMILES string of the molecule is C=CC(=O)OC(COC)COc1ccc(OCC(COC)OC(=O)C=C)c2ccccc12. The van der Waals surface area contributed by atoms with Crippen LogP contribution in [-0.2, 0) is 28.5 Å². The molecule has 0 bridgehead atoms. The van der Waals surface area contributed by atoms with Crippen LogP contribution in [0.25, 0.3) is 10.8 Å². The highest BCUT2D eigenvalue weighted by Gasteiger charge is 2.17. The molecule has 0 heterocycles. The molecule has 0 N–H and O–H groups in total. The summed E-state index contributed by atoms with van der Waals surface area (Å²) < 4.78 is 32.5. The molecule has 2 aromatic rings. The minimum Gasteiger partial charge on any atom is -0.489 e. The van der Waals surface area contributed by atoms with Crippen molar-refractivity contribution in [3.05, 3.63) is 61.7 Å². The summed E-state index contributed by atoms with van der Waals surface area (Å²) in [6, 6.07) is 11.1. The van der Waals surface area contributed by atoms with Crippen LogP contribution in [0.4, 0.5) is 0 Å². The highest BCUT2D eigenvalue weighted by molar-refractivity contribution is 5.93. The maximum absolute atomic E-state index is 11.5. The van der Waals surface area contributed by atoms with E-state index in [1.807, 2.05) is 24.3 Å². The van der Waals surface area contributed by atoms with E-state index in [2.05, 4.69) is 13.2 Å². The van der Waals surface area contributed by atoms with E-state index in [-0.39, 0.29) is 26.4 Å². The van der Waals surface area contributed by atoms with E-state index < -0.39 is 24.1 Å². The van der Waals surface area contributed by atoms with E-state index in [0.29, 0.717) is 11.5 Å². The first-order chi connectivity index (χ1) is 15.5. The lowest BCUT2D eigenvalue weighted by Gasteiger charge is -2.20. The molecule has 0 aliphatic rings. The van der Waals surface area contributed by atoms with Gasteiger partial charge in [0, 0.05) is 37.1 Å². The van der Waals surface area contributed by atoms with Crippen LogP contribution in [0, 0.1) is 0 Å². The van der Waals surface area contributed by atoms with Crippen molar-refractivity contribution in [2.75, 3.05) is 40.6 Å². The molecule has 2 rings (SSSR count). The monoisotopic (exact) mass is 444 g/mol. The lowest BCUT2D eigenvalue weighted by Crippen LogP contribution is -2.29. The largest absolute Gasteiger partial charge is 0.489 e. The van der Waals surface area contributed by atoms with Gasteiger partial charge in [0.25, 0.3) is 0 Å². The van der Waals surface area contributed by atoms with Gasteiger partial charge in [-0.3, -0.25) is 0 Å². The topological polar surface area (TPSA) is 89.5 Å². The van der Waals surface area contributed by atoms with Crippen molar-refractivity contribution in [1.29, 1.82) is 0 Å². The van der Waals surface area contributed by atoms with E-state index >= 15 is 0 Å². The zero-order chi connectivity index (χ0) is 23.3. The van der Waals surface area contributed by atoms with Crippen molar-refractivity contribution >= 4 is 22.7 Å². The first-order valence-electron chi connectivity index (χ1n) is 9.93. The Morgan fingerprint density at radius 1 is 0.750 bits per heavy atom. The molecular weight excluding hydrogens is 416 g/mol. The summed E-state index contributed by atoms with van der Waals surface area (Å²) in [4.78, 5) is 23.0. The normalized spacial score (nSPS) is 12.4. The summed E-state index contributed by atoms with van der Waals surface area (Å²) in [6.45, 7) is 7.36. The molecule has 2 atom stereocenters. The minimum atomic E-state index is -0.588. The third-order valence-electron chi connectivity index (χ3n) is 4.30. The van der Waals surface area contributed by atoms with Crippen molar-refractivity contribution in [1.82, 2.24) is 0 Å². The molecule has 0 amide bonds. The van der Waals surface area contributed by atoms with Crippen LogP contribution in [0.2, 0.25) is 0 Å². The summed E-state index contributed by atoms with van der Waals surface area (Å²) in [5, 5.41) is 1.62. The molecule has 0 fully saturated rings. The molecule has 0 saturated heterocycles. The molecule has 0 aromatic heterocycles. The number of ether oxygens (including phenoxy) is 6. The van der Waals surface area contributed by atoms with Gasteiger partial charge in [-0.25, -0.2) is 9.59 Å². The second-order valence-corrected chi connectivity index (χ2v) is 6.67. The highest BCUT2D eigenvalue weighted by Crippen LogP contribution is 2.33. The van der Waals surface area contributed by atoms with Gasteiger partial charge in [-0.2, -0.15) is 0 Å². The van der Waals surface area contributed by atoms with Crippen LogP contribution in [0.3, 0.4) is 0 Å². The molecule has 32 heavy (non-hydrogen) atoms. The van der Waals surface area contributed by atoms with Crippen molar-refractivity contribution in [2.45, 2.75) is 12.2 Å². The molecule has 8 heteroatoms. The van der Waals surface area contributed by atoms with Crippen molar-refractivity contribution in [3.63, 3.8) is 0 Å². The first kappa shape index (κ1) is 24.9. The lowest BCUT2D eigenvalue weighted by atomic mass is 10.1. The second kappa shape index (κ2) is 13.1. The number of hydrogen-bond donors (Lipinski definition) is 0. The van der Waals surface area contributed by atoms with Gasteiger partial charge in [0.05, 0.1) is 13.2 Å². The summed E-state index contributed by atoms with van der Waals surface area (Å²) in [7, 11) is 3.03. The van der Waals surface area contributed by atoms with E-state index in [0.717, 1.165) is 22.9 Å². The molecule has 8 nitrogen and oxygen atoms in total. The number of hydrogen-bond acceptors (Lipinski definition) is 8. The van der Waals surface area contributed by atoms with Gasteiger partial charge in [-0.05, 0) is 12.1 Å².